The van der Waals surface area contributed by atoms with Crippen molar-refractivity contribution in [3.05, 3.63) is 0 Å². The summed E-state index contributed by atoms with van der Waals surface area (Å²) in [7, 11) is 2.01. The van der Waals surface area contributed by atoms with Crippen LogP contribution in [0, 0.1) is 5.92 Å². The summed E-state index contributed by atoms with van der Waals surface area (Å²) in [6.07, 6.45) is 1.36. The van der Waals surface area contributed by atoms with E-state index < -0.39 is 0 Å². The maximum absolute atomic E-state index is 6.14. The zero-order valence-electron chi connectivity index (χ0n) is 12.5. The second kappa shape index (κ2) is 5.25. The normalized spacial score (nSPS) is 28.6. The Morgan fingerprint density at radius 2 is 1.88 bits per heavy atom. The summed E-state index contributed by atoms with van der Waals surface area (Å²) < 4.78 is 11.9. The van der Waals surface area contributed by atoms with E-state index in [-0.39, 0.29) is 17.3 Å². The van der Waals surface area contributed by atoms with Gasteiger partial charge in [0.25, 0.3) is 0 Å². The quantitative estimate of drug-likeness (QED) is 0.805. The molecule has 17 heavy (non-hydrogen) atoms. The van der Waals surface area contributed by atoms with Crippen LogP contribution in [0.4, 0.5) is 0 Å². The van der Waals surface area contributed by atoms with Crippen LogP contribution in [0.2, 0.25) is 0 Å². The average molecular weight is 243 g/mol. The van der Waals surface area contributed by atoms with Gasteiger partial charge in [-0.05, 0) is 55.0 Å². The molecule has 0 spiro atoms. The highest BCUT2D eigenvalue weighted by atomic mass is 16.5. The van der Waals surface area contributed by atoms with Crippen LogP contribution in [0.5, 0.6) is 0 Å². The fourth-order valence-corrected chi connectivity index (χ4v) is 2.93. The van der Waals surface area contributed by atoms with E-state index in [4.69, 9.17) is 9.47 Å². The third-order valence-electron chi connectivity index (χ3n) is 3.61. The van der Waals surface area contributed by atoms with Gasteiger partial charge in [-0.15, -0.1) is 0 Å². The second-order valence-electron chi connectivity index (χ2n) is 6.55. The smallest absolute Gasteiger partial charge is 0.0678 e. The van der Waals surface area contributed by atoms with Crippen LogP contribution < -0.4 is 5.32 Å². The van der Waals surface area contributed by atoms with Crippen molar-refractivity contribution in [3.63, 3.8) is 0 Å². The van der Waals surface area contributed by atoms with Crippen LogP contribution in [0.3, 0.4) is 0 Å². The van der Waals surface area contributed by atoms with E-state index in [1.807, 2.05) is 7.05 Å². The molecule has 2 unspecified atom stereocenters. The molecule has 1 N–H and O–H groups in total. The first-order valence-electron chi connectivity index (χ1n) is 6.67. The molecule has 102 valence electrons. The zero-order valence-corrected chi connectivity index (χ0v) is 12.5. The van der Waals surface area contributed by atoms with Crippen molar-refractivity contribution >= 4 is 0 Å². The van der Waals surface area contributed by atoms with E-state index in [1.165, 1.54) is 0 Å². The molecule has 3 heteroatoms. The maximum Gasteiger partial charge on any atom is 0.0678 e. The molecular formula is C14H29NO2. The van der Waals surface area contributed by atoms with Crippen molar-refractivity contribution in [1.82, 2.24) is 5.32 Å². The Hall–Kier alpha value is -0.120. The van der Waals surface area contributed by atoms with Gasteiger partial charge in [0.15, 0.2) is 0 Å². The first-order chi connectivity index (χ1) is 7.68. The van der Waals surface area contributed by atoms with Crippen LogP contribution in [-0.4, -0.2) is 37.0 Å². The van der Waals surface area contributed by atoms with Gasteiger partial charge in [-0.3, -0.25) is 0 Å². The average Bonchev–Trinajstić information content (AvgIpc) is 2.35. The highest BCUT2D eigenvalue weighted by molar-refractivity contribution is 4.99. The van der Waals surface area contributed by atoms with E-state index in [9.17, 15) is 0 Å². The Bertz CT molecular complexity index is 249. The summed E-state index contributed by atoms with van der Waals surface area (Å²) in [5, 5.41) is 3.39. The van der Waals surface area contributed by atoms with Crippen molar-refractivity contribution in [2.45, 2.75) is 71.3 Å². The van der Waals surface area contributed by atoms with Gasteiger partial charge in [0.2, 0.25) is 0 Å². The van der Waals surface area contributed by atoms with Crippen molar-refractivity contribution < 1.29 is 9.47 Å². The summed E-state index contributed by atoms with van der Waals surface area (Å²) in [4.78, 5) is 0. The monoisotopic (exact) mass is 243 g/mol. The van der Waals surface area contributed by atoms with Crippen molar-refractivity contribution in [1.29, 1.82) is 0 Å². The summed E-state index contributed by atoms with van der Waals surface area (Å²) in [6, 6.07) is 0.356. The molecule has 0 amide bonds. The van der Waals surface area contributed by atoms with Gasteiger partial charge in [0.1, 0.15) is 0 Å². The fourth-order valence-electron chi connectivity index (χ4n) is 2.93. The van der Waals surface area contributed by atoms with Crippen LogP contribution in [-0.2, 0) is 9.47 Å². The van der Waals surface area contributed by atoms with Crippen molar-refractivity contribution in [2.75, 3.05) is 13.7 Å². The lowest BCUT2D eigenvalue weighted by molar-refractivity contribution is -0.0812. The molecule has 2 atom stereocenters. The number of likely N-dealkylation sites (N-methyl/N-ethyl adjacent to an activating group) is 1. The van der Waals surface area contributed by atoms with Crippen LogP contribution >= 0.6 is 0 Å². The lowest BCUT2D eigenvalue weighted by Gasteiger charge is -2.33. The minimum Gasteiger partial charge on any atom is -0.377 e. The molecule has 3 nitrogen and oxygen atoms in total. The van der Waals surface area contributed by atoms with E-state index in [0.29, 0.717) is 12.0 Å². The molecule has 0 saturated carbocycles. The fraction of sp³-hybridized carbons (Fsp3) is 1.00. The molecule has 0 bridgehead atoms. The lowest BCUT2D eigenvalue weighted by Crippen LogP contribution is -2.45. The van der Waals surface area contributed by atoms with Gasteiger partial charge in [0, 0.05) is 12.0 Å². The Kier molecular flexibility index (Phi) is 4.61. The SMILES string of the molecule is CNC(COC(C)C)C1CC(C)(C)OC1(C)C. The number of rotatable bonds is 5. The van der Waals surface area contributed by atoms with Crippen LogP contribution in [0.25, 0.3) is 0 Å². The molecule has 0 aromatic rings. The topological polar surface area (TPSA) is 30.5 Å². The summed E-state index contributed by atoms with van der Waals surface area (Å²) in [5.41, 5.74) is -0.112. The number of ether oxygens (including phenoxy) is 2. The first-order valence-corrected chi connectivity index (χ1v) is 6.67. The molecule has 1 fully saturated rings. The van der Waals surface area contributed by atoms with Gasteiger partial charge in [-0.2, -0.15) is 0 Å². The van der Waals surface area contributed by atoms with Gasteiger partial charge in [-0.25, -0.2) is 0 Å². The minimum absolute atomic E-state index is 0.0267. The maximum atomic E-state index is 6.14. The highest BCUT2D eigenvalue weighted by Gasteiger charge is 2.48. The van der Waals surface area contributed by atoms with Gasteiger partial charge in [0.05, 0.1) is 23.9 Å². The third-order valence-corrected chi connectivity index (χ3v) is 3.61. The van der Waals surface area contributed by atoms with E-state index in [0.717, 1.165) is 13.0 Å². The summed E-state index contributed by atoms with van der Waals surface area (Å²) >= 11 is 0. The van der Waals surface area contributed by atoms with Gasteiger partial charge < -0.3 is 14.8 Å². The third kappa shape index (κ3) is 3.94. The standard InChI is InChI=1S/C14H29NO2/c1-10(2)16-9-12(15-7)11-8-13(3,4)17-14(11,5)6/h10-12,15H,8-9H2,1-7H3. The molecule has 0 aliphatic carbocycles. The zero-order chi connectivity index (χ0) is 13.3. The Morgan fingerprint density at radius 1 is 1.29 bits per heavy atom. The molecule has 0 aromatic carbocycles. The molecule has 1 heterocycles. The molecule has 1 aliphatic rings. The molecule has 0 aromatic heterocycles. The summed E-state index contributed by atoms with van der Waals surface area (Å²) in [5.74, 6) is 0.487. The van der Waals surface area contributed by atoms with E-state index in [1.54, 1.807) is 0 Å². The largest absolute Gasteiger partial charge is 0.377 e. The Balaban J connectivity index is 2.68. The molecule has 1 rings (SSSR count). The van der Waals surface area contributed by atoms with Crippen LogP contribution in [0.15, 0.2) is 0 Å². The predicted molar refractivity (Wildman–Crippen MR) is 71.3 cm³/mol. The number of hydrogen-bond donors (Lipinski definition) is 1. The van der Waals surface area contributed by atoms with Crippen molar-refractivity contribution in [2.24, 2.45) is 5.92 Å². The number of nitrogens with one attached hydrogen (secondary N) is 1. The lowest BCUT2D eigenvalue weighted by atomic mass is 9.82. The second-order valence-corrected chi connectivity index (χ2v) is 6.55. The van der Waals surface area contributed by atoms with E-state index in [2.05, 4.69) is 46.9 Å². The Morgan fingerprint density at radius 3 is 2.24 bits per heavy atom. The molecule has 0 radical (unpaired) electrons. The van der Waals surface area contributed by atoms with Gasteiger partial charge >= 0.3 is 0 Å². The molecule has 1 saturated heterocycles. The van der Waals surface area contributed by atoms with E-state index >= 15 is 0 Å². The first kappa shape index (κ1) is 14.9. The molecule has 1 aliphatic heterocycles. The van der Waals surface area contributed by atoms with Crippen molar-refractivity contribution in [3.8, 4) is 0 Å². The predicted octanol–water partition coefficient (Wildman–Crippen LogP) is 2.59. The summed E-state index contributed by atoms with van der Waals surface area (Å²) in [6.45, 7) is 13.6. The van der Waals surface area contributed by atoms with Crippen LogP contribution in [0.1, 0.15) is 48.0 Å². The minimum atomic E-state index is -0.0858. The number of hydrogen-bond acceptors (Lipinski definition) is 3. The highest BCUT2D eigenvalue weighted by Crippen LogP contribution is 2.43. The molecular weight excluding hydrogens is 214 g/mol. The van der Waals surface area contributed by atoms with Gasteiger partial charge in [-0.1, -0.05) is 0 Å². The Labute approximate surface area is 106 Å².